The van der Waals surface area contributed by atoms with Gasteiger partial charge in [-0.3, -0.25) is 4.79 Å². The fourth-order valence-corrected chi connectivity index (χ4v) is 5.35. The molecule has 148 valence electrons. The molecule has 0 aliphatic heterocycles. The number of nitrogens with one attached hydrogen (secondary N) is 2. The summed E-state index contributed by atoms with van der Waals surface area (Å²) in [5.74, 6) is 0.393. The van der Waals surface area contributed by atoms with Crippen LogP contribution in [0.4, 0.5) is 0 Å². The van der Waals surface area contributed by atoms with Crippen molar-refractivity contribution in [2.45, 2.75) is 68.8 Å². The van der Waals surface area contributed by atoms with Crippen LogP contribution in [0.25, 0.3) is 0 Å². The van der Waals surface area contributed by atoms with Crippen LogP contribution in [-0.4, -0.2) is 37.6 Å². The number of hydrogen-bond donors (Lipinski definition) is 3. The van der Waals surface area contributed by atoms with Gasteiger partial charge in [-0.1, -0.05) is 18.0 Å². The molecule has 0 bridgehead atoms. The molecule has 1 heterocycles. The Kier molecular flexibility index (Phi) is 6.37. The molecule has 1 unspecified atom stereocenters. The number of nitrogens with two attached hydrogens (primary N) is 1. The predicted molar refractivity (Wildman–Crippen MR) is 98.5 cm³/mol. The van der Waals surface area contributed by atoms with Crippen LogP contribution in [-0.2, 0) is 14.8 Å². The highest BCUT2D eigenvalue weighted by Crippen LogP contribution is 2.33. The van der Waals surface area contributed by atoms with E-state index in [0.29, 0.717) is 25.3 Å². The lowest BCUT2D eigenvalue weighted by Gasteiger charge is -2.29. The Bertz CT molecular complexity index is 735. The SMILES string of the molecule is Cc1noc(C)c1S(=O)(=O)NC1(C(=O)NCC(N)C2CC2)CCCC1.Cl. The van der Waals surface area contributed by atoms with Gasteiger partial charge in [-0.05, 0) is 45.4 Å². The van der Waals surface area contributed by atoms with E-state index in [0.717, 1.165) is 25.7 Å². The summed E-state index contributed by atoms with van der Waals surface area (Å²) in [6.45, 7) is 3.49. The quantitative estimate of drug-likeness (QED) is 0.623. The Morgan fingerprint density at radius 3 is 2.46 bits per heavy atom. The normalized spacial score (nSPS) is 20.4. The zero-order valence-corrected chi connectivity index (χ0v) is 16.7. The van der Waals surface area contributed by atoms with Gasteiger partial charge in [0.25, 0.3) is 0 Å². The van der Waals surface area contributed by atoms with Crippen LogP contribution in [0.1, 0.15) is 50.0 Å². The van der Waals surface area contributed by atoms with Gasteiger partial charge in [0, 0.05) is 12.6 Å². The highest BCUT2D eigenvalue weighted by atomic mass is 35.5. The standard InChI is InChI=1S/C16H26N4O4S.ClH/c1-10-14(11(2)24-19-10)25(22,23)20-16(7-3-4-8-16)15(21)18-9-13(17)12-5-6-12;/h12-13,20H,3-9,17H2,1-2H3,(H,18,21);1H. The molecule has 2 fully saturated rings. The first-order valence-electron chi connectivity index (χ1n) is 8.76. The molecule has 0 saturated heterocycles. The van der Waals surface area contributed by atoms with E-state index >= 15 is 0 Å². The number of sulfonamides is 1. The number of nitrogens with zero attached hydrogens (tertiary/aromatic N) is 1. The van der Waals surface area contributed by atoms with Gasteiger partial charge in [0.2, 0.25) is 15.9 Å². The van der Waals surface area contributed by atoms with Crippen molar-refractivity contribution in [3.8, 4) is 0 Å². The van der Waals surface area contributed by atoms with Gasteiger partial charge < -0.3 is 15.6 Å². The van der Waals surface area contributed by atoms with Crippen LogP contribution in [0.3, 0.4) is 0 Å². The summed E-state index contributed by atoms with van der Waals surface area (Å²) in [4.78, 5) is 12.8. The summed E-state index contributed by atoms with van der Waals surface area (Å²) < 4.78 is 33.3. The molecule has 0 aromatic carbocycles. The summed E-state index contributed by atoms with van der Waals surface area (Å²) in [5.41, 5.74) is 5.20. The second kappa shape index (κ2) is 7.84. The van der Waals surface area contributed by atoms with Gasteiger partial charge in [0.15, 0.2) is 5.76 Å². The summed E-state index contributed by atoms with van der Waals surface area (Å²) in [6, 6.07) is -0.0680. The Hall–Kier alpha value is -1.16. The van der Waals surface area contributed by atoms with Crippen LogP contribution >= 0.6 is 12.4 Å². The van der Waals surface area contributed by atoms with E-state index in [9.17, 15) is 13.2 Å². The average molecular weight is 407 g/mol. The zero-order chi connectivity index (χ0) is 18.2. The van der Waals surface area contributed by atoms with Crippen LogP contribution in [0.2, 0.25) is 0 Å². The lowest BCUT2D eigenvalue weighted by Crippen LogP contribution is -2.58. The van der Waals surface area contributed by atoms with Crippen LogP contribution < -0.4 is 15.8 Å². The van der Waals surface area contributed by atoms with Crippen molar-refractivity contribution in [2.75, 3.05) is 6.54 Å². The van der Waals surface area contributed by atoms with Gasteiger partial charge in [-0.15, -0.1) is 12.4 Å². The molecule has 1 amide bonds. The van der Waals surface area contributed by atoms with Crippen LogP contribution in [0, 0.1) is 19.8 Å². The zero-order valence-electron chi connectivity index (χ0n) is 15.1. The third-order valence-electron chi connectivity index (χ3n) is 5.18. The van der Waals surface area contributed by atoms with E-state index in [-0.39, 0.29) is 40.7 Å². The van der Waals surface area contributed by atoms with Gasteiger partial charge >= 0.3 is 0 Å². The highest BCUT2D eigenvalue weighted by Gasteiger charge is 2.45. The molecule has 0 spiro atoms. The summed E-state index contributed by atoms with van der Waals surface area (Å²) in [7, 11) is -3.91. The molecule has 1 aromatic rings. The van der Waals surface area contributed by atoms with Crippen molar-refractivity contribution >= 4 is 28.3 Å². The fourth-order valence-electron chi connectivity index (χ4n) is 3.59. The number of rotatable bonds is 7. The van der Waals surface area contributed by atoms with E-state index in [4.69, 9.17) is 10.3 Å². The molecule has 4 N–H and O–H groups in total. The van der Waals surface area contributed by atoms with E-state index in [1.807, 2.05) is 0 Å². The maximum absolute atomic E-state index is 12.8. The molecular weight excluding hydrogens is 380 g/mol. The average Bonchev–Trinajstić information content (AvgIpc) is 3.20. The highest BCUT2D eigenvalue weighted by molar-refractivity contribution is 7.89. The molecule has 3 rings (SSSR count). The smallest absolute Gasteiger partial charge is 0.246 e. The first-order valence-corrected chi connectivity index (χ1v) is 10.2. The number of amides is 1. The molecule has 2 aliphatic rings. The van der Waals surface area contributed by atoms with E-state index < -0.39 is 15.6 Å². The maximum Gasteiger partial charge on any atom is 0.246 e. The maximum atomic E-state index is 12.8. The summed E-state index contributed by atoms with van der Waals surface area (Å²) >= 11 is 0. The third kappa shape index (κ3) is 4.21. The minimum Gasteiger partial charge on any atom is -0.360 e. The molecule has 26 heavy (non-hydrogen) atoms. The number of carbonyl (C=O) groups is 1. The van der Waals surface area contributed by atoms with Gasteiger partial charge in [0.05, 0.1) is 0 Å². The van der Waals surface area contributed by atoms with Crippen molar-refractivity contribution < 1.29 is 17.7 Å². The second-order valence-corrected chi connectivity index (χ2v) is 8.88. The summed E-state index contributed by atoms with van der Waals surface area (Å²) in [6.07, 6.45) is 4.74. The number of halogens is 1. The molecule has 8 nitrogen and oxygen atoms in total. The topological polar surface area (TPSA) is 127 Å². The predicted octanol–water partition coefficient (Wildman–Crippen LogP) is 1.16. The van der Waals surface area contributed by atoms with Gasteiger partial charge in [0.1, 0.15) is 16.1 Å². The Morgan fingerprint density at radius 2 is 1.96 bits per heavy atom. The fraction of sp³-hybridized carbons (Fsp3) is 0.750. The summed E-state index contributed by atoms with van der Waals surface area (Å²) in [5, 5.41) is 6.55. The molecule has 10 heteroatoms. The number of hydrogen-bond acceptors (Lipinski definition) is 6. The molecule has 0 radical (unpaired) electrons. The minimum atomic E-state index is -3.91. The van der Waals surface area contributed by atoms with E-state index in [1.54, 1.807) is 13.8 Å². The Balaban J connectivity index is 0.00000243. The van der Waals surface area contributed by atoms with Crippen molar-refractivity contribution in [1.82, 2.24) is 15.2 Å². The monoisotopic (exact) mass is 406 g/mol. The van der Waals surface area contributed by atoms with Crippen molar-refractivity contribution in [3.05, 3.63) is 11.5 Å². The van der Waals surface area contributed by atoms with Crippen molar-refractivity contribution in [1.29, 1.82) is 0 Å². The Morgan fingerprint density at radius 1 is 1.35 bits per heavy atom. The lowest BCUT2D eigenvalue weighted by molar-refractivity contribution is -0.126. The minimum absolute atomic E-state index is 0. The van der Waals surface area contributed by atoms with Crippen molar-refractivity contribution in [3.63, 3.8) is 0 Å². The van der Waals surface area contributed by atoms with E-state index in [2.05, 4.69) is 15.2 Å². The van der Waals surface area contributed by atoms with E-state index in [1.165, 1.54) is 0 Å². The number of carbonyl (C=O) groups excluding carboxylic acids is 1. The number of aryl methyl sites for hydroxylation is 2. The molecule has 1 atom stereocenters. The Labute approximate surface area is 160 Å². The second-order valence-electron chi connectivity index (χ2n) is 7.26. The molecular formula is C16H27ClN4O4S. The largest absolute Gasteiger partial charge is 0.360 e. The first kappa shape index (κ1) is 21.1. The van der Waals surface area contributed by atoms with Crippen molar-refractivity contribution in [2.24, 2.45) is 11.7 Å². The third-order valence-corrected chi connectivity index (χ3v) is 6.96. The lowest BCUT2D eigenvalue weighted by atomic mass is 9.98. The molecule has 1 aromatic heterocycles. The first-order chi connectivity index (χ1) is 11.8. The van der Waals surface area contributed by atoms with Gasteiger partial charge in [-0.2, -0.15) is 4.72 Å². The van der Waals surface area contributed by atoms with Crippen LogP contribution in [0.15, 0.2) is 9.42 Å². The van der Waals surface area contributed by atoms with Gasteiger partial charge in [-0.25, -0.2) is 8.42 Å². The number of aromatic nitrogens is 1. The molecule has 2 aliphatic carbocycles. The molecule has 2 saturated carbocycles. The van der Waals surface area contributed by atoms with Crippen LogP contribution in [0.5, 0.6) is 0 Å².